The second kappa shape index (κ2) is 5.93. The van der Waals surface area contributed by atoms with Gasteiger partial charge in [0.05, 0.1) is 0 Å². The molecule has 0 aliphatic rings. The van der Waals surface area contributed by atoms with Crippen molar-refractivity contribution in [3.63, 3.8) is 0 Å². The van der Waals surface area contributed by atoms with Gasteiger partial charge in [0.25, 0.3) is 0 Å². The van der Waals surface area contributed by atoms with Crippen molar-refractivity contribution in [3.05, 3.63) is 39.5 Å². The maximum absolute atomic E-state index is 11.2. The fraction of sp³-hybridized carbons (Fsp3) is 0.357. The third-order valence-electron chi connectivity index (χ3n) is 2.61. The Balaban J connectivity index is 2.11. The van der Waals surface area contributed by atoms with Gasteiger partial charge in [-0.1, -0.05) is 13.3 Å². The summed E-state index contributed by atoms with van der Waals surface area (Å²) in [7, 11) is 0. The van der Waals surface area contributed by atoms with Crippen molar-refractivity contribution in [3.8, 4) is 5.75 Å². The highest BCUT2D eigenvalue weighted by molar-refractivity contribution is 7.14. The molecule has 5 heteroatoms. The van der Waals surface area contributed by atoms with Crippen molar-refractivity contribution in [2.45, 2.75) is 33.3 Å². The molecule has 0 amide bonds. The predicted molar refractivity (Wildman–Crippen MR) is 73.1 cm³/mol. The van der Waals surface area contributed by atoms with Crippen molar-refractivity contribution in [1.82, 2.24) is 0 Å². The molecule has 0 bridgehead atoms. The molecule has 0 spiro atoms. The lowest BCUT2D eigenvalue weighted by Crippen LogP contribution is -1.99. The van der Waals surface area contributed by atoms with Crippen LogP contribution in [0.15, 0.2) is 22.6 Å². The van der Waals surface area contributed by atoms with Gasteiger partial charge < -0.3 is 14.3 Å². The molecular formula is C14H16O4S. The number of carbonyl (C=O) groups is 1. The molecule has 0 saturated heterocycles. The molecule has 1 N–H and O–H groups in total. The molecule has 19 heavy (non-hydrogen) atoms. The van der Waals surface area contributed by atoms with Crippen LogP contribution in [-0.2, 0) is 13.0 Å². The minimum absolute atomic E-state index is 0.246. The lowest BCUT2D eigenvalue weighted by Gasteiger charge is -2.02. The third kappa shape index (κ3) is 3.38. The molecule has 2 heterocycles. The van der Waals surface area contributed by atoms with Gasteiger partial charge in [-0.05, 0) is 31.5 Å². The molecule has 0 unspecified atom stereocenters. The van der Waals surface area contributed by atoms with E-state index >= 15 is 0 Å². The topological polar surface area (TPSA) is 59.7 Å². The fourth-order valence-electron chi connectivity index (χ4n) is 1.76. The van der Waals surface area contributed by atoms with Gasteiger partial charge in [0, 0.05) is 4.88 Å². The zero-order chi connectivity index (χ0) is 13.8. The van der Waals surface area contributed by atoms with Crippen LogP contribution in [0.4, 0.5) is 0 Å². The summed E-state index contributed by atoms with van der Waals surface area (Å²) in [6.07, 6.45) is 1.85. The summed E-state index contributed by atoms with van der Waals surface area (Å²) in [4.78, 5) is 12.5. The Labute approximate surface area is 115 Å². The molecule has 102 valence electrons. The number of carboxylic acids is 1. The van der Waals surface area contributed by atoms with Crippen LogP contribution in [0.1, 0.15) is 39.4 Å². The van der Waals surface area contributed by atoms with Crippen LogP contribution < -0.4 is 4.74 Å². The summed E-state index contributed by atoms with van der Waals surface area (Å²) in [6, 6.07) is 5.50. The highest BCUT2D eigenvalue weighted by atomic mass is 32.1. The Kier molecular flexibility index (Phi) is 4.27. The van der Waals surface area contributed by atoms with Crippen LogP contribution in [0.2, 0.25) is 0 Å². The Morgan fingerprint density at radius 3 is 2.84 bits per heavy atom. The summed E-state index contributed by atoms with van der Waals surface area (Å²) >= 11 is 1.28. The molecule has 2 aromatic rings. The number of rotatable bonds is 6. The molecule has 0 aliphatic heterocycles. The number of hydrogen-bond donors (Lipinski definition) is 1. The van der Waals surface area contributed by atoms with E-state index in [1.165, 1.54) is 11.3 Å². The maximum atomic E-state index is 11.2. The molecule has 0 aromatic carbocycles. The zero-order valence-electron chi connectivity index (χ0n) is 10.9. The Morgan fingerprint density at radius 2 is 2.26 bits per heavy atom. The van der Waals surface area contributed by atoms with E-state index in [1.54, 1.807) is 0 Å². The number of ether oxygens (including phenoxy) is 1. The molecule has 0 aliphatic carbocycles. The van der Waals surface area contributed by atoms with Gasteiger partial charge in [-0.15, -0.1) is 11.3 Å². The van der Waals surface area contributed by atoms with Crippen LogP contribution in [0, 0.1) is 6.92 Å². The van der Waals surface area contributed by atoms with E-state index in [2.05, 4.69) is 6.92 Å². The first-order valence-electron chi connectivity index (χ1n) is 6.14. The maximum Gasteiger partial charge on any atom is 0.349 e. The Morgan fingerprint density at radius 1 is 1.47 bits per heavy atom. The first kappa shape index (κ1) is 13.7. The van der Waals surface area contributed by atoms with Crippen molar-refractivity contribution in [2.75, 3.05) is 0 Å². The van der Waals surface area contributed by atoms with Gasteiger partial charge in [0.15, 0.2) is 4.88 Å². The van der Waals surface area contributed by atoms with E-state index in [1.807, 2.05) is 25.1 Å². The molecular weight excluding hydrogens is 264 g/mol. The van der Waals surface area contributed by atoms with Crippen LogP contribution >= 0.6 is 11.3 Å². The van der Waals surface area contributed by atoms with E-state index < -0.39 is 5.97 Å². The molecule has 2 rings (SSSR count). The van der Waals surface area contributed by atoms with E-state index in [0.29, 0.717) is 11.5 Å². The number of furan rings is 1. The molecule has 0 fully saturated rings. The van der Waals surface area contributed by atoms with Crippen molar-refractivity contribution in [1.29, 1.82) is 0 Å². The summed E-state index contributed by atoms with van der Waals surface area (Å²) in [5.41, 5.74) is 0. The predicted octanol–water partition coefficient (Wildman–Crippen LogP) is 3.88. The van der Waals surface area contributed by atoms with Crippen molar-refractivity contribution in [2.24, 2.45) is 0 Å². The van der Waals surface area contributed by atoms with Gasteiger partial charge >= 0.3 is 5.97 Å². The number of thiophene rings is 1. The second-order valence-electron chi connectivity index (χ2n) is 4.26. The van der Waals surface area contributed by atoms with E-state index in [9.17, 15) is 4.79 Å². The summed E-state index contributed by atoms with van der Waals surface area (Å²) in [5, 5.41) is 9.16. The van der Waals surface area contributed by atoms with Gasteiger partial charge in [-0.2, -0.15) is 0 Å². The molecule has 0 atom stereocenters. The fourth-order valence-corrected chi connectivity index (χ4v) is 2.80. The number of aryl methyl sites for hydroxylation is 2. The van der Waals surface area contributed by atoms with Gasteiger partial charge in [0.1, 0.15) is 23.9 Å². The highest BCUT2D eigenvalue weighted by Crippen LogP contribution is 2.31. The number of hydrogen-bond acceptors (Lipinski definition) is 4. The van der Waals surface area contributed by atoms with Gasteiger partial charge in [-0.25, -0.2) is 4.79 Å². The van der Waals surface area contributed by atoms with Crippen molar-refractivity contribution < 1.29 is 19.1 Å². The van der Waals surface area contributed by atoms with E-state index in [0.717, 1.165) is 23.5 Å². The SMILES string of the molecule is CCCc1cc(OCc2ccc(C)o2)c(C(=O)O)s1. The molecule has 0 radical (unpaired) electrons. The zero-order valence-corrected chi connectivity index (χ0v) is 11.8. The van der Waals surface area contributed by atoms with E-state index in [-0.39, 0.29) is 11.5 Å². The Bertz CT molecular complexity index is 568. The quantitative estimate of drug-likeness (QED) is 0.872. The average Bonchev–Trinajstić information content (AvgIpc) is 2.93. The normalized spacial score (nSPS) is 10.6. The lowest BCUT2D eigenvalue weighted by molar-refractivity contribution is 0.0697. The Hall–Kier alpha value is -1.75. The minimum Gasteiger partial charge on any atom is -0.484 e. The average molecular weight is 280 g/mol. The molecule has 0 saturated carbocycles. The van der Waals surface area contributed by atoms with Crippen LogP contribution in [0.25, 0.3) is 0 Å². The number of carboxylic acid groups (broad SMARTS) is 1. The van der Waals surface area contributed by atoms with Crippen LogP contribution in [0.5, 0.6) is 5.75 Å². The second-order valence-corrected chi connectivity index (χ2v) is 5.40. The minimum atomic E-state index is -0.946. The third-order valence-corrected chi connectivity index (χ3v) is 3.77. The van der Waals surface area contributed by atoms with Gasteiger partial charge in [0.2, 0.25) is 0 Å². The van der Waals surface area contributed by atoms with Crippen molar-refractivity contribution >= 4 is 17.3 Å². The van der Waals surface area contributed by atoms with Crippen LogP contribution in [0.3, 0.4) is 0 Å². The standard InChI is InChI=1S/C14H16O4S/c1-3-4-11-7-12(13(19-11)14(15)16)17-8-10-6-5-9(2)18-10/h5-7H,3-4,8H2,1-2H3,(H,15,16). The highest BCUT2D eigenvalue weighted by Gasteiger charge is 2.17. The smallest absolute Gasteiger partial charge is 0.349 e. The van der Waals surface area contributed by atoms with E-state index in [4.69, 9.17) is 14.3 Å². The largest absolute Gasteiger partial charge is 0.484 e. The van der Waals surface area contributed by atoms with Gasteiger partial charge in [-0.3, -0.25) is 0 Å². The van der Waals surface area contributed by atoms with Crippen LogP contribution in [-0.4, -0.2) is 11.1 Å². The molecule has 2 aromatic heterocycles. The monoisotopic (exact) mass is 280 g/mol. The first-order chi connectivity index (χ1) is 9.10. The summed E-state index contributed by atoms with van der Waals surface area (Å²) < 4.78 is 11.0. The molecule has 4 nitrogen and oxygen atoms in total. The first-order valence-corrected chi connectivity index (χ1v) is 6.96. The summed E-state index contributed by atoms with van der Waals surface area (Å²) in [5.74, 6) is 0.985. The summed E-state index contributed by atoms with van der Waals surface area (Å²) in [6.45, 7) is 4.17. The number of aromatic carboxylic acids is 1. The lowest BCUT2D eigenvalue weighted by atomic mass is 10.3.